The van der Waals surface area contributed by atoms with E-state index in [0.717, 1.165) is 0 Å². The molecule has 1 N–H and O–H groups in total. The summed E-state index contributed by atoms with van der Waals surface area (Å²) in [6.07, 6.45) is 0.129. The molecule has 0 heterocycles. The van der Waals surface area contributed by atoms with Gasteiger partial charge in [-0.1, -0.05) is 20.8 Å². The van der Waals surface area contributed by atoms with Crippen LogP contribution in [0.1, 0.15) is 27.2 Å². The highest BCUT2D eigenvalue weighted by atomic mass is 32.2. The van der Waals surface area contributed by atoms with Gasteiger partial charge in [-0.25, -0.2) is 8.42 Å². The third-order valence-corrected chi connectivity index (χ3v) is 4.18. The highest BCUT2D eigenvalue weighted by Gasteiger charge is 2.30. The summed E-state index contributed by atoms with van der Waals surface area (Å²) in [5, 5.41) is 7.40. The van der Waals surface area contributed by atoms with Gasteiger partial charge in [0, 0.05) is 0 Å². The lowest BCUT2D eigenvalue weighted by Crippen LogP contribution is -2.32. The topological polar surface area (TPSA) is 71.4 Å². The summed E-state index contributed by atoms with van der Waals surface area (Å²) < 4.78 is 22.9. The summed E-state index contributed by atoms with van der Waals surface area (Å²) in [5.74, 6) is -1.33. The highest BCUT2D eigenvalue weighted by molar-refractivity contribution is 7.92. The fraction of sp³-hybridized carbons (Fsp3) is 0.875. The van der Waals surface area contributed by atoms with Crippen LogP contribution in [0.4, 0.5) is 0 Å². The number of carbonyl (C=O) groups is 1. The Hall–Kier alpha value is -0.580. The molecule has 1 unspecified atom stereocenters. The zero-order chi connectivity index (χ0) is 10.6. The van der Waals surface area contributed by atoms with E-state index in [2.05, 4.69) is 0 Å². The van der Waals surface area contributed by atoms with Crippen molar-refractivity contribution >= 4 is 15.8 Å². The van der Waals surface area contributed by atoms with Crippen molar-refractivity contribution in [1.82, 2.24) is 0 Å². The number of hydrogen-bond donors (Lipinski definition) is 1. The van der Waals surface area contributed by atoms with Gasteiger partial charge in [-0.2, -0.15) is 0 Å². The third-order valence-electron chi connectivity index (χ3n) is 1.65. The quantitative estimate of drug-likeness (QED) is 0.729. The van der Waals surface area contributed by atoms with E-state index < -0.39 is 21.1 Å². The van der Waals surface area contributed by atoms with E-state index in [1.165, 1.54) is 0 Å². The Kier molecular flexibility index (Phi) is 4.39. The average Bonchev–Trinajstić information content (AvgIpc) is 1.82. The van der Waals surface area contributed by atoms with E-state index in [4.69, 9.17) is 5.11 Å². The molecule has 5 heteroatoms. The molecule has 4 nitrogen and oxygen atoms in total. The van der Waals surface area contributed by atoms with Crippen LogP contribution in [-0.2, 0) is 14.6 Å². The van der Waals surface area contributed by atoms with Crippen LogP contribution in [0.5, 0.6) is 0 Å². The molecule has 0 aromatic rings. The van der Waals surface area contributed by atoms with Crippen molar-refractivity contribution in [2.45, 2.75) is 32.4 Å². The summed E-state index contributed by atoms with van der Waals surface area (Å²) in [6, 6.07) is 0. The Morgan fingerprint density at radius 1 is 1.38 bits per heavy atom. The van der Waals surface area contributed by atoms with E-state index in [1.54, 1.807) is 20.8 Å². The number of aliphatic carboxylic acids is 1. The zero-order valence-corrected chi connectivity index (χ0v) is 8.97. The molecule has 0 saturated heterocycles. The second-order valence-electron chi connectivity index (χ2n) is 3.46. The SMILES string of the molecule is CCC(C(=O)O)S(=O)(=O)CC(C)C. The lowest BCUT2D eigenvalue weighted by molar-refractivity contribution is -0.136. The molecular formula is C8H16O4S. The summed E-state index contributed by atoms with van der Waals surface area (Å²) in [5.41, 5.74) is 0. The van der Waals surface area contributed by atoms with Gasteiger partial charge >= 0.3 is 5.97 Å². The van der Waals surface area contributed by atoms with Gasteiger partial charge in [-0.3, -0.25) is 4.79 Å². The average molecular weight is 208 g/mol. The van der Waals surface area contributed by atoms with Crippen molar-refractivity contribution in [3.05, 3.63) is 0 Å². The summed E-state index contributed by atoms with van der Waals surface area (Å²) in [6.45, 7) is 5.08. The van der Waals surface area contributed by atoms with Gasteiger partial charge in [0.2, 0.25) is 0 Å². The van der Waals surface area contributed by atoms with Gasteiger partial charge < -0.3 is 5.11 Å². The van der Waals surface area contributed by atoms with Gasteiger partial charge in [0.15, 0.2) is 15.1 Å². The van der Waals surface area contributed by atoms with E-state index in [9.17, 15) is 13.2 Å². The maximum absolute atomic E-state index is 11.4. The molecule has 0 aliphatic heterocycles. The van der Waals surface area contributed by atoms with Gasteiger partial charge in [0.1, 0.15) is 0 Å². The Balaban J connectivity index is 4.69. The van der Waals surface area contributed by atoms with Crippen molar-refractivity contribution in [1.29, 1.82) is 0 Å². The van der Waals surface area contributed by atoms with Crippen LogP contribution in [-0.4, -0.2) is 30.5 Å². The molecular weight excluding hydrogens is 192 g/mol. The Labute approximate surface area is 78.9 Å². The second kappa shape index (κ2) is 4.60. The predicted octanol–water partition coefficient (Wildman–Crippen LogP) is 0.920. The van der Waals surface area contributed by atoms with Crippen LogP contribution >= 0.6 is 0 Å². The molecule has 1 atom stereocenters. The minimum absolute atomic E-state index is 0.0293. The molecule has 0 spiro atoms. The first-order valence-corrected chi connectivity index (χ1v) is 5.97. The Morgan fingerprint density at radius 2 is 1.85 bits per heavy atom. The fourth-order valence-electron chi connectivity index (χ4n) is 1.16. The van der Waals surface area contributed by atoms with Gasteiger partial charge in [-0.15, -0.1) is 0 Å². The Bertz CT molecular complexity index is 266. The molecule has 0 aromatic carbocycles. The lowest BCUT2D eigenvalue weighted by Gasteiger charge is -2.12. The zero-order valence-electron chi connectivity index (χ0n) is 8.15. The number of sulfone groups is 1. The van der Waals surface area contributed by atoms with Crippen LogP contribution in [0.3, 0.4) is 0 Å². The number of carboxylic acid groups (broad SMARTS) is 1. The Morgan fingerprint density at radius 3 is 2.08 bits per heavy atom. The first kappa shape index (κ1) is 12.4. The molecule has 0 fully saturated rings. The summed E-state index contributed by atoms with van der Waals surface area (Å²) >= 11 is 0. The normalized spacial score (nSPS) is 14.5. The molecule has 13 heavy (non-hydrogen) atoms. The largest absolute Gasteiger partial charge is 0.480 e. The lowest BCUT2D eigenvalue weighted by atomic mass is 10.3. The van der Waals surface area contributed by atoms with Gasteiger partial charge in [-0.05, 0) is 12.3 Å². The standard InChI is InChI=1S/C8H16O4S/c1-4-7(8(9)10)13(11,12)5-6(2)3/h6-7H,4-5H2,1-3H3,(H,9,10). The van der Waals surface area contributed by atoms with Crippen molar-refractivity contribution < 1.29 is 18.3 Å². The number of rotatable bonds is 5. The summed E-state index contributed by atoms with van der Waals surface area (Å²) in [4.78, 5) is 10.6. The maximum atomic E-state index is 11.4. The molecule has 0 aromatic heterocycles. The van der Waals surface area contributed by atoms with Crippen molar-refractivity contribution in [2.24, 2.45) is 5.92 Å². The van der Waals surface area contributed by atoms with Crippen LogP contribution in [0, 0.1) is 5.92 Å². The van der Waals surface area contributed by atoms with Crippen molar-refractivity contribution in [3.8, 4) is 0 Å². The second-order valence-corrected chi connectivity index (χ2v) is 5.69. The number of hydrogen-bond acceptors (Lipinski definition) is 3. The minimum Gasteiger partial charge on any atom is -0.480 e. The predicted molar refractivity (Wildman–Crippen MR) is 50.3 cm³/mol. The molecule has 0 rings (SSSR count). The van der Waals surface area contributed by atoms with Gasteiger partial charge in [0.05, 0.1) is 5.75 Å². The molecule has 78 valence electrons. The number of carboxylic acids is 1. The fourth-order valence-corrected chi connectivity index (χ4v) is 3.14. The van der Waals surface area contributed by atoms with Crippen LogP contribution < -0.4 is 0 Å². The maximum Gasteiger partial charge on any atom is 0.321 e. The van der Waals surface area contributed by atoms with Gasteiger partial charge in [0.25, 0.3) is 0 Å². The minimum atomic E-state index is -3.47. The molecule has 0 aliphatic rings. The molecule has 0 amide bonds. The van der Waals surface area contributed by atoms with E-state index in [1.807, 2.05) is 0 Å². The third kappa shape index (κ3) is 3.76. The van der Waals surface area contributed by atoms with E-state index in [0.29, 0.717) is 0 Å². The first-order valence-electron chi connectivity index (χ1n) is 4.25. The molecule has 0 radical (unpaired) electrons. The highest BCUT2D eigenvalue weighted by Crippen LogP contribution is 2.11. The van der Waals surface area contributed by atoms with E-state index >= 15 is 0 Å². The molecule has 0 bridgehead atoms. The van der Waals surface area contributed by atoms with Crippen LogP contribution in [0.25, 0.3) is 0 Å². The molecule has 0 saturated carbocycles. The van der Waals surface area contributed by atoms with Crippen LogP contribution in [0.2, 0.25) is 0 Å². The summed E-state index contributed by atoms with van der Waals surface area (Å²) in [7, 11) is -3.47. The van der Waals surface area contributed by atoms with Crippen molar-refractivity contribution in [3.63, 3.8) is 0 Å². The molecule has 0 aliphatic carbocycles. The smallest absolute Gasteiger partial charge is 0.321 e. The van der Waals surface area contributed by atoms with Crippen molar-refractivity contribution in [2.75, 3.05) is 5.75 Å². The van der Waals surface area contributed by atoms with E-state index in [-0.39, 0.29) is 18.1 Å². The monoisotopic (exact) mass is 208 g/mol. The first-order chi connectivity index (χ1) is 5.81. The van der Waals surface area contributed by atoms with Crippen LogP contribution in [0.15, 0.2) is 0 Å².